The summed E-state index contributed by atoms with van der Waals surface area (Å²) in [4.78, 5) is 13.3. The average molecular weight is 318 g/mol. The molecule has 0 unspecified atom stereocenters. The van der Waals surface area contributed by atoms with Crippen LogP contribution < -0.4 is 0 Å². The van der Waals surface area contributed by atoms with Gasteiger partial charge in [0.25, 0.3) is 0 Å². The summed E-state index contributed by atoms with van der Waals surface area (Å²) in [6.07, 6.45) is 5.48. The molecule has 2 bridgehead atoms. The van der Waals surface area contributed by atoms with Gasteiger partial charge in [-0.15, -0.1) is 0 Å². The average Bonchev–Trinajstić information content (AvgIpc) is 2.46. The van der Waals surface area contributed by atoms with Gasteiger partial charge in [0.05, 0.1) is 12.7 Å². The summed E-state index contributed by atoms with van der Waals surface area (Å²) >= 11 is 0. The van der Waals surface area contributed by atoms with Crippen molar-refractivity contribution in [3.05, 3.63) is 11.1 Å². The van der Waals surface area contributed by atoms with Crippen molar-refractivity contribution in [1.82, 2.24) is 0 Å². The monoisotopic (exact) mass is 318 g/mol. The summed E-state index contributed by atoms with van der Waals surface area (Å²) in [6, 6.07) is 0. The van der Waals surface area contributed by atoms with E-state index in [0.717, 1.165) is 25.7 Å². The molecule has 0 aromatic heterocycles. The molecule has 0 aromatic rings. The van der Waals surface area contributed by atoms with Crippen LogP contribution in [-0.4, -0.2) is 29.2 Å². The molecule has 3 aliphatic carbocycles. The van der Waals surface area contributed by atoms with Crippen LogP contribution in [0.3, 0.4) is 0 Å². The molecule has 1 heterocycles. The van der Waals surface area contributed by atoms with Crippen molar-refractivity contribution in [2.24, 2.45) is 22.7 Å². The summed E-state index contributed by atoms with van der Waals surface area (Å²) in [7, 11) is 0. The number of rotatable bonds is 0. The van der Waals surface area contributed by atoms with Crippen LogP contribution in [0.15, 0.2) is 11.1 Å². The van der Waals surface area contributed by atoms with E-state index in [0.29, 0.717) is 24.7 Å². The fourth-order valence-electron chi connectivity index (χ4n) is 6.12. The second-order valence-corrected chi connectivity index (χ2v) is 9.35. The Hall–Kier alpha value is -0.670. The van der Waals surface area contributed by atoms with Gasteiger partial charge in [0.15, 0.2) is 0 Å². The molecule has 0 radical (unpaired) electrons. The van der Waals surface area contributed by atoms with Crippen molar-refractivity contribution >= 4 is 5.78 Å². The summed E-state index contributed by atoms with van der Waals surface area (Å²) in [6.45, 7) is 9.38. The van der Waals surface area contributed by atoms with Gasteiger partial charge in [-0.1, -0.05) is 31.9 Å². The Morgan fingerprint density at radius 2 is 1.96 bits per heavy atom. The van der Waals surface area contributed by atoms with Crippen molar-refractivity contribution in [3.63, 3.8) is 0 Å². The van der Waals surface area contributed by atoms with Gasteiger partial charge < -0.3 is 9.84 Å². The van der Waals surface area contributed by atoms with Crippen LogP contribution in [0.4, 0.5) is 0 Å². The Bertz CT molecular complexity index is 590. The van der Waals surface area contributed by atoms with Crippen LogP contribution in [0.25, 0.3) is 0 Å². The molecule has 0 amide bonds. The molecule has 128 valence electrons. The molecule has 4 rings (SSSR count). The summed E-state index contributed by atoms with van der Waals surface area (Å²) in [5, 5.41) is 11.3. The maximum atomic E-state index is 13.3. The number of fused-ring (bicyclic) bond motifs is 5. The number of carbonyl (C=O) groups is 1. The van der Waals surface area contributed by atoms with Gasteiger partial charge in [-0.2, -0.15) is 0 Å². The third-order valence-corrected chi connectivity index (χ3v) is 8.05. The minimum atomic E-state index is -0.771. The van der Waals surface area contributed by atoms with Gasteiger partial charge in [0.2, 0.25) is 0 Å². The highest BCUT2D eigenvalue weighted by molar-refractivity contribution is 5.88. The van der Waals surface area contributed by atoms with Crippen molar-refractivity contribution in [1.29, 1.82) is 0 Å². The van der Waals surface area contributed by atoms with E-state index in [1.165, 1.54) is 17.6 Å². The highest BCUT2D eigenvalue weighted by Gasteiger charge is 2.64. The minimum absolute atomic E-state index is 0.0451. The third kappa shape index (κ3) is 1.93. The predicted molar refractivity (Wildman–Crippen MR) is 89.0 cm³/mol. The topological polar surface area (TPSA) is 46.5 Å². The fourth-order valence-corrected chi connectivity index (χ4v) is 6.12. The summed E-state index contributed by atoms with van der Waals surface area (Å²) in [5.74, 6) is 0.963. The SMILES string of the molecule is CC1=C2CC(=O)[C@]3(C)CC[C@H]4OC[C@@]4(O)[C@H]3C[C@H](CC1)C2(C)C. The first-order valence-electron chi connectivity index (χ1n) is 9.26. The molecule has 4 aliphatic rings. The molecular formula is C20H30O3. The van der Waals surface area contributed by atoms with Gasteiger partial charge in [-0.3, -0.25) is 4.79 Å². The van der Waals surface area contributed by atoms with Crippen molar-refractivity contribution < 1.29 is 14.6 Å². The maximum absolute atomic E-state index is 13.3. The van der Waals surface area contributed by atoms with Crippen molar-refractivity contribution in [2.75, 3.05) is 6.61 Å². The van der Waals surface area contributed by atoms with E-state index in [-0.39, 0.29) is 22.9 Å². The Kier molecular flexibility index (Phi) is 3.23. The lowest BCUT2D eigenvalue weighted by Crippen LogP contribution is -2.70. The second-order valence-electron chi connectivity index (χ2n) is 9.35. The van der Waals surface area contributed by atoms with E-state index in [4.69, 9.17) is 4.74 Å². The number of ether oxygens (including phenoxy) is 1. The third-order valence-electron chi connectivity index (χ3n) is 8.05. The quantitative estimate of drug-likeness (QED) is 0.694. The number of allylic oxidation sites excluding steroid dienone is 2. The first-order valence-corrected chi connectivity index (χ1v) is 9.26. The molecule has 3 heteroatoms. The molecule has 3 nitrogen and oxygen atoms in total. The number of Topliss-reactive ketones (excluding diaryl/α,β-unsaturated/α-hetero) is 1. The highest BCUT2D eigenvalue weighted by Crippen LogP contribution is 2.60. The zero-order valence-electron chi connectivity index (χ0n) is 14.9. The van der Waals surface area contributed by atoms with Gasteiger partial charge >= 0.3 is 0 Å². The predicted octanol–water partition coefficient (Wildman–Crippen LogP) is 3.65. The molecule has 23 heavy (non-hydrogen) atoms. The lowest BCUT2D eigenvalue weighted by Gasteiger charge is -2.61. The fraction of sp³-hybridized carbons (Fsp3) is 0.850. The Morgan fingerprint density at radius 1 is 1.22 bits per heavy atom. The number of aliphatic hydroxyl groups is 1. The first-order chi connectivity index (χ1) is 10.7. The van der Waals surface area contributed by atoms with E-state index in [1.807, 2.05) is 0 Å². The van der Waals surface area contributed by atoms with Crippen LogP contribution in [-0.2, 0) is 9.53 Å². The number of ketones is 1. The molecule has 0 spiro atoms. The van der Waals surface area contributed by atoms with E-state index in [1.54, 1.807) is 0 Å². The standard InChI is InChI=1S/C20H30O3/c1-12-5-6-13-9-15-19(4,8-7-17-20(15,22)11-23-17)16(21)10-14(12)18(13,2)3/h13,15,17,22H,5-11H2,1-4H3/t13-,15-,17+,19+,20+/m0/s1. The van der Waals surface area contributed by atoms with Crippen LogP contribution in [0, 0.1) is 22.7 Å². The Balaban J connectivity index is 1.81. The Labute approximate surface area is 139 Å². The lowest BCUT2D eigenvalue weighted by molar-refractivity contribution is -0.300. The van der Waals surface area contributed by atoms with Gasteiger partial charge in [-0.05, 0) is 50.4 Å². The van der Waals surface area contributed by atoms with Gasteiger partial charge in [-0.25, -0.2) is 0 Å². The smallest absolute Gasteiger partial charge is 0.143 e. The van der Waals surface area contributed by atoms with E-state index in [9.17, 15) is 9.90 Å². The second kappa shape index (κ2) is 4.70. The first kappa shape index (κ1) is 15.8. The van der Waals surface area contributed by atoms with Crippen molar-refractivity contribution in [2.45, 2.75) is 77.9 Å². The molecule has 1 aliphatic heterocycles. The molecule has 0 aromatic carbocycles. The van der Waals surface area contributed by atoms with Gasteiger partial charge in [0, 0.05) is 17.8 Å². The molecule has 1 N–H and O–H groups in total. The normalized spacial score (nSPS) is 48.7. The minimum Gasteiger partial charge on any atom is -0.384 e. The molecule has 5 atom stereocenters. The zero-order chi connectivity index (χ0) is 16.6. The lowest BCUT2D eigenvalue weighted by atomic mass is 9.48. The number of hydrogen-bond donors (Lipinski definition) is 1. The Morgan fingerprint density at radius 3 is 2.61 bits per heavy atom. The number of carbonyl (C=O) groups excluding carboxylic acids is 1. The van der Waals surface area contributed by atoms with Gasteiger partial charge in [0.1, 0.15) is 11.4 Å². The van der Waals surface area contributed by atoms with Crippen LogP contribution >= 0.6 is 0 Å². The van der Waals surface area contributed by atoms with E-state index in [2.05, 4.69) is 27.7 Å². The molecular weight excluding hydrogens is 288 g/mol. The molecule has 3 fully saturated rings. The molecule has 1 saturated heterocycles. The van der Waals surface area contributed by atoms with E-state index < -0.39 is 5.60 Å². The summed E-state index contributed by atoms with van der Waals surface area (Å²) < 4.78 is 5.64. The van der Waals surface area contributed by atoms with Crippen LogP contribution in [0.2, 0.25) is 0 Å². The van der Waals surface area contributed by atoms with Crippen LogP contribution in [0.1, 0.15) is 66.2 Å². The van der Waals surface area contributed by atoms with Crippen molar-refractivity contribution in [3.8, 4) is 0 Å². The van der Waals surface area contributed by atoms with Crippen LogP contribution in [0.5, 0.6) is 0 Å². The highest BCUT2D eigenvalue weighted by atomic mass is 16.6. The summed E-state index contributed by atoms with van der Waals surface area (Å²) in [5.41, 5.74) is 1.74. The zero-order valence-corrected chi connectivity index (χ0v) is 14.9. The largest absolute Gasteiger partial charge is 0.384 e. The number of hydrogen-bond acceptors (Lipinski definition) is 3. The van der Waals surface area contributed by atoms with E-state index >= 15 is 0 Å². The molecule has 2 saturated carbocycles. The maximum Gasteiger partial charge on any atom is 0.143 e.